The van der Waals surface area contributed by atoms with Crippen LogP contribution in [0.3, 0.4) is 0 Å². The minimum Gasteiger partial charge on any atom is -0.341 e. The highest BCUT2D eigenvalue weighted by Crippen LogP contribution is 2.27. The van der Waals surface area contributed by atoms with Crippen molar-refractivity contribution in [2.75, 3.05) is 25.9 Å². The Bertz CT molecular complexity index is 875. The number of carbonyl (C=O) groups excluding carboxylic acids is 1. The maximum Gasteiger partial charge on any atom is 0.237 e. The highest BCUT2D eigenvalue weighted by molar-refractivity contribution is 7.88. The van der Waals surface area contributed by atoms with E-state index in [4.69, 9.17) is 0 Å². The van der Waals surface area contributed by atoms with Crippen LogP contribution in [0.15, 0.2) is 30.3 Å². The number of fused-ring (bicyclic) bond motifs is 1. The van der Waals surface area contributed by atoms with E-state index in [1.54, 1.807) is 4.90 Å². The van der Waals surface area contributed by atoms with Gasteiger partial charge in [-0.2, -0.15) is 5.10 Å². The molecule has 0 radical (unpaired) electrons. The summed E-state index contributed by atoms with van der Waals surface area (Å²) in [5.74, 6) is -0.201. The van der Waals surface area contributed by atoms with Gasteiger partial charge in [0.2, 0.25) is 15.9 Å². The van der Waals surface area contributed by atoms with Crippen molar-refractivity contribution in [3.63, 3.8) is 0 Å². The lowest BCUT2D eigenvalue weighted by Gasteiger charge is -2.20. The molecule has 134 valence electrons. The standard InChI is InChI=1S/C17H22N4O3S/c1-20-15-9-11-21(16(22)12-18-25(2,23)24)10-8-14(15)17(19-20)13-6-4-3-5-7-13/h3-7,18H,8-12H2,1-2H3. The van der Waals surface area contributed by atoms with Crippen LogP contribution in [-0.4, -0.2) is 54.9 Å². The van der Waals surface area contributed by atoms with Gasteiger partial charge in [-0.1, -0.05) is 30.3 Å². The van der Waals surface area contributed by atoms with E-state index >= 15 is 0 Å². The van der Waals surface area contributed by atoms with Gasteiger partial charge in [0.25, 0.3) is 0 Å². The Morgan fingerprint density at radius 1 is 1.20 bits per heavy atom. The Hall–Kier alpha value is -2.19. The van der Waals surface area contributed by atoms with Gasteiger partial charge in [-0.3, -0.25) is 9.48 Å². The van der Waals surface area contributed by atoms with Gasteiger partial charge < -0.3 is 4.90 Å². The zero-order valence-corrected chi connectivity index (χ0v) is 15.2. The second-order valence-corrected chi connectivity index (χ2v) is 8.07. The van der Waals surface area contributed by atoms with Crippen LogP contribution in [0.5, 0.6) is 0 Å². The number of hydrogen-bond acceptors (Lipinski definition) is 4. The summed E-state index contributed by atoms with van der Waals surface area (Å²) >= 11 is 0. The summed E-state index contributed by atoms with van der Waals surface area (Å²) in [6.45, 7) is 0.923. The molecule has 1 aromatic heterocycles. The van der Waals surface area contributed by atoms with E-state index in [1.165, 1.54) is 5.56 Å². The fraction of sp³-hybridized carbons (Fsp3) is 0.412. The number of sulfonamides is 1. The molecule has 0 saturated heterocycles. The number of nitrogens with zero attached hydrogens (tertiary/aromatic N) is 3. The van der Waals surface area contributed by atoms with Gasteiger partial charge >= 0.3 is 0 Å². The van der Waals surface area contributed by atoms with Crippen LogP contribution < -0.4 is 4.72 Å². The SMILES string of the molecule is Cn1nc(-c2ccccc2)c2c1CCN(C(=O)CNS(C)(=O)=O)CC2. The van der Waals surface area contributed by atoms with Crippen molar-refractivity contribution in [1.82, 2.24) is 19.4 Å². The molecule has 0 saturated carbocycles. The van der Waals surface area contributed by atoms with Crippen molar-refractivity contribution >= 4 is 15.9 Å². The van der Waals surface area contributed by atoms with Crippen LogP contribution in [0.25, 0.3) is 11.3 Å². The maximum absolute atomic E-state index is 12.3. The first-order valence-electron chi connectivity index (χ1n) is 8.18. The van der Waals surface area contributed by atoms with Crippen LogP contribution in [0.1, 0.15) is 11.3 Å². The molecule has 0 atom stereocenters. The molecule has 0 unspecified atom stereocenters. The molecule has 25 heavy (non-hydrogen) atoms. The monoisotopic (exact) mass is 362 g/mol. The average molecular weight is 362 g/mol. The number of amides is 1. The second kappa shape index (κ2) is 6.97. The number of carbonyl (C=O) groups is 1. The van der Waals surface area contributed by atoms with Crippen LogP contribution in [0.4, 0.5) is 0 Å². The van der Waals surface area contributed by atoms with E-state index in [0.29, 0.717) is 25.9 Å². The van der Waals surface area contributed by atoms with Gasteiger partial charge in [0.1, 0.15) is 0 Å². The van der Waals surface area contributed by atoms with Gasteiger partial charge in [-0.05, 0) is 6.42 Å². The largest absolute Gasteiger partial charge is 0.341 e. The summed E-state index contributed by atoms with van der Waals surface area (Å²) in [7, 11) is -1.45. The summed E-state index contributed by atoms with van der Waals surface area (Å²) in [5.41, 5.74) is 4.32. The lowest BCUT2D eigenvalue weighted by molar-refractivity contribution is -0.129. The molecule has 8 heteroatoms. The van der Waals surface area contributed by atoms with E-state index in [0.717, 1.165) is 23.2 Å². The summed E-state index contributed by atoms with van der Waals surface area (Å²) in [6, 6.07) is 10.0. The predicted octanol–water partition coefficient (Wildman–Crippen LogP) is 0.564. The Labute approximate surface area is 147 Å². The van der Waals surface area contributed by atoms with Gasteiger partial charge in [0.15, 0.2) is 0 Å². The summed E-state index contributed by atoms with van der Waals surface area (Å²) in [4.78, 5) is 14.0. The third kappa shape index (κ3) is 4.08. The smallest absolute Gasteiger partial charge is 0.237 e. The summed E-state index contributed by atoms with van der Waals surface area (Å²) in [5, 5.41) is 4.66. The number of rotatable bonds is 4. The Morgan fingerprint density at radius 2 is 1.88 bits per heavy atom. The molecule has 2 heterocycles. The Kier molecular flexibility index (Phi) is 4.91. The lowest BCUT2D eigenvalue weighted by Crippen LogP contribution is -2.41. The quantitative estimate of drug-likeness (QED) is 0.862. The normalized spacial score (nSPS) is 14.9. The molecule has 0 bridgehead atoms. The van der Waals surface area contributed by atoms with Crippen LogP contribution in [0.2, 0.25) is 0 Å². The molecule has 1 aliphatic rings. The molecule has 7 nitrogen and oxygen atoms in total. The van der Waals surface area contributed by atoms with Crippen molar-refractivity contribution in [3.8, 4) is 11.3 Å². The van der Waals surface area contributed by atoms with E-state index < -0.39 is 10.0 Å². The van der Waals surface area contributed by atoms with Crippen LogP contribution in [-0.2, 0) is 34.7 Å². The highest BCUT2D eigenvalue weighted by Gasteiger charge is 2.24. The molecule has 3 rings (SSSR count). The zero-order valence-electron chi connectivity index (χ0n) is 14.4. The van der Waals surface area contributed by atoms with E-state index in [9.17, 15) is 13.2 Å². The van der Waals surface area contributed by atoms with E-state index in [2.05, 4.69) is 9.82 Å². The van der Waals surface area contributed by atoms with Gasteiger partial charge in [-0.15, -0.1) is 0 Å². The minimum absolute atomic E-state index is 0.195. The first-order chi connectivity index (χ1) is 11.8. The highest BCUT2D eigenvalue weighted by atomic mass is 32.2. The number of nitrogens with one attached hydrogen (secondary N) is 1. The topological polar surface area (TPSA) is 84.3 Å². The Balaban J connectivity index is 1.78. The van der Waals surface area contributed by atoms with Crippen LogP contribution in [0, 0.1) is 0 Å². The van der Waals surface area contributed by atoms with Crippen LogP contribution >= 0.6 is 0 Å². The fourth-order valence-electron chi connectivity index (χ4n) is 3.16. The van der Waals surface area contributed by atoms with Crippen molar-refractivity contribution in [2.45, 2.75) is 12.8 Å². The maximum atomic E-state index is 12.3. The predicted molar refractivity (Wildman–Crippen MR) is 95.5 cm³/mol. The summed E-state index contributed by atoms with van der Waals surface area (Å²) < 4.78 is 26.5. The number of aromatic nitrogens is 2. The molecule has 1 aromatic carbocycles. The van der Waals surface area contributed by atoms with Crippen molar-refractivity contribution in [1.29, 1.82) is 0 Å². The molecule has 0 fully saturated rings. The first-order valence-corrected chi connectivity index (χ1v) is 10.1. The van der Waals surface area contributed by atoms with Gasteiger partial charge in [0.05, 0.1) is 18.5 Å². The second-order valence-electron chi connectivity index (χ2n) is 6.24. The van der Waals surface area contributed by atoms with Gasteiger partial charge in [0, 0.05) is 43.4 Å². The fourth-order valence-corrected chi connectivity index (χ4v) is 3.55. The zero-order chi connectivity index (χ0) is 18.0. The molecule has 0 spiro atoms. The molecule has 1 N–H and O–H groups in total. The minimum atomic E-state index is -3.37. The third-order valence-corrected chi connectivity index (χ3v) is 5.08. The molecule has 2 aromatic rings. The van der Waals surface area contributed by atoms with Gasteiger partial charge in [-0.25, -0.2) is 13.1 Å². The number of hydrogen-bond donors (Lipinski definition) is 1. The molecular formula is C17H22N4O3S. The summed E-state index contributed by atoms with van der Waals surface area (Å²) in [6.07, 6.45) is 2.46. The van der Waals surface area contributed by atoms with E-state index in [-0.39, 0.29) is 12.5 Å². The molecule has 1 aliphatic heterocycles. The third-order valence-electron chi connectivity index (χ3n) is 4.41. The van der Waals surface area contributed by atoms with E-state index in [1.807, 2.05) is 42.1 Å². The molecular weight excluding hydrogens is 340 g/mol. The van der Waals surface area contributed by atoms with Crippen molar-refractivity contribution in [2.24, 2.45) is 7.05 Å². The van der Waals surface area contributed by atoms with Crippen molar-refractivity contribution in [3.05, 3.63) is 41.6 Å². The lowest BCUT2D eigenvalue weighted by atomic mass is 10.0. The number of benzene rings is 1. The average Bonchev–Trinajstić information content (AvgIpc) is 2.75. The van der Waals surface area contributed by atoms with Crippen molar-refractivity contribution < 1.29 is 13.2 Å². The molecule has 0 aliphatic carbocycles. The Morgan fingerprint density at radius 3 is 2.56 bits per heavy atom. The first kappa shape index (κ1) is 17.6. The molecule has 1 amide bonds. The number of aryl methyl sites for hydroxylation is 1.